The number of rotatable bonds is 6. The van der Waals surface area contributed by atoms with Crippen LogP contribution in [0.5, 0.6) is 0 Å². The minimum atomic E-state index is -0.155. The maximum absolute atomic E-state index is 12.6. The van der Waals surface area contributed by atoms with Crippen LogP contribution in [0.2, 0.25) is 0 Å². The Balaban J connectivity index is 0.000000130. The van der Waals surface area contributed by atoms with Crippen molar-refractivity contribution < 1.29 is 9.59 Å². The summed E-state index contributed by atoms with van der Waals surface area (Å²) in [6.07, 6.45) is 22.4. The molecule has 6 aliphatic rings. The topological polar surface area (TPSA) is 192 Å². The summed E-state index contributed by atoms with van der Waals surface area (Å²) in [6, 6.07) is 1.27. The zero-order valence-corrected chi connectivity index (χ0v) is 31.5. The van der Waals surface area contributed by atoms with Gasteiger partial charge < -0.3 is 19.6 Å². The molecule has 2 N–H and O–H groups in total. The average molecular weight is 757 g/mol. The fourth-order valence-corrected chi connectivity index (χ4v) is 9.42. The number of H-pyrrole nitrogens is 2. The van der Waals surface area contributed by atoms with E-state index in [1.165, 1.54) is 38.5 Å². The second-order valence-electron chi connectivity index (χ2n) is 16.3. The van der Waals surface area contributed by atoms with Crippen LogP contribution in [-0.2, 0) is 9.59 Å². The third kappa shape index (κ3) is 5.27. The van der Waals surface area contributed by atoms with Gasteiger partial charge in [0.25, 0.3) is 0 Å². The van der Waals surface area contributed by atoms with E-state index in [2.05, 4.69) is 62.8 Å². The number of piperazine rings is 2. The summed E-state index contributed by atoms with van der Waals surface area (Å²) in [5, 5.41) is 24.1. The van der Waals surface area contributed by atoms with Crippen LogP contribution in [-0.4, -0.2) is 133 Å². The predicted octanol–water partition coefficient (Wildman–Crippen LogP) is 3.50. The molecule has 0 spiro atoms. The molecular formula is C38H44N16O2. The monoisotopic (exact) mass is 756 g/mol. The van der Waals surface area contributed by atoms with Crippen LogP contribution in [0.3, 0.4) is 0 Å². The molecule has 2 aliphatic carbocycles. The van der Waals surface area contributed by atoms with Gasteiger partial charge in [-0.3, -0.25) is 29.2 Å². The van der Waals surface area contributed by atoms with Gasteiger partial charge in [-0.2, -0.15) is 20.4 Å². The van der Waals surface area contributed by atoms with Crippen molar-refractivity contribution in [2.24, 2.45) is 0 Å². The smallest absolute Gasteiger partial charge is 0.245 e. The molecule has 288 valence electrons. The van der Waals surface area contributed by atoms with E-state index >= 15 is 0 Å². The lowest BCUT2D eigenvalue weighted by molar-refractivity contribution is -0.133. The number of hydrogen-bond acceptors (Lipinski definition) is 12. The van der Waals surface area contributed by atoms with Crippen molar-refractivity contribution in [3.8, 4) is 22.5 Å². The van der Waals surface area contributed by atoms with Gasteiger partial charge in [0, 0.05) is 50.7 Å². The maximum atomic E-state index is 12.6. The van der Waals surface area contributed by atoms with Crippen LogP contribution in [0, 0.1) is 0 Å². The average Bonchev–Trinajstić information content (AvgIpc) is 4.01. The Morgan fingerprint density at radius 1 is 0.571 bits per heavy atom. The molecular weight excluding hydrogens is 713 g/mol. The first kappa shape index (κ1) is 33.4. The normalized spacial score (nSPS) is 25.0. The van der Waals surface area contributed by atoms with Gasteiger partial charge >= 0.3 is 0 Å². The molecule has 6 fully saturated rings. The quantitative estimate of drug-likeness (QED) is 0.252. The third-order valence-corrected chi connectivity index (χ3v) is 13.0. The number of amides is 2. The number of hydrogen-bond donors (Lipinski definition) is 2. The van der Waals surface area contributed by atoms with Crippen LogP contribution in [0.1, 0.15) is 76.3 Å². The molecule has 6 aromatic heterocycles. The lowest BCUT2D eigenvalue weighted by Gasteiger charge is -2.38. The number of anilines is 2. The predicted molar refractivity (Wildman–Crippen MR) is 205 cm³/mol. The molecule has 0 radical (unpaired) electrons. The number of carbonyl (C=O) groups is 2. The van der Waals surface area contributed by atoms with Gasteiger partial charge in [0.05, 0.1) is 49.0 Å². The highest BCUT2D eigenvalue weighted by Gasteiger charge is 2.47. The number of nitrogens with zero attached hydrogens (tertiary/aromatic N) is 14. The highest BCUT2D eigenvalue weighted by atomic mass is 16.2. The molecule has 10 heterocycles. The van der Waals surface area contributed by atoms with Crippen LogP contribution in [0.4, 0.5) is 11.9 Å². The van der Waals surface area contributed by atoms with Crippen molar-refractivity contribution in [1.29, 1.82) is 0 Å². The molecule has 4 saturated heterocycles. The van der Waals surface area contributed by atoms with Crippen molar-refractivity contribution in [1.82, 2.24) is 69.7 Å². The highest BCUT2D eigenvalue weighted by molar-refractivity contribution is 5.92. The number of likely N-dealkylation sites (tertiary alicyclic amines) is 2. The molecule has 2 amide bonds. The van der Waals surface area contributed by atoms with Crippen molar-refractivity contribution >= 4 is 45.8 Å². The number of likely N-dealkylation sites (N-methyl/N-ethyl adjacent to an activating group) is 2. The van der Waals surface area contributed by atoms with Gasteiger partial charge in [-0.1, -0.05) is 0 Å². The minimum absolute atomic E-state index is 0.155. The Morgan fingerprint density at radius 3 is 1.43 bits per heavy atom. The third-order valence-electron chi connectivity index (χ3n) is 13.0. The molecule has 56 heavy (non-hydrogen) atoms. The Morgan fingerprint density at radius 2 is 1.02 bits per heavy atom. The fourth-order valence-electron chi connectivity index (χ4n) is 9.42. The number of carbonyl (C=O) groups excluding carboxylic acids is 2. The first-order valence-corrected chi connectivity index (χ1v) is 20.0. The molecule has 4 atom stereocenters. The van der Waals surface area contributed by atoms with Crippen molar-refractivity contribution in [3.63, 3.8) is 0 Å². The van der Waals surface area contributed by atoms with Gasteiger partial charge in [-0.15, -0.1) is 0 Å². The summed E-state index contributed by atoms with van der Waals surface area (Å²) in [5.41, 5.74) is 6.65. The first-order chi connectivity index (χ1) is 27.4. The number of fused-ring (bicyclic) bond motifs is 6. The largest absolute Gasteiger partial charge is 0.342 e. The van der Waals surface area contributed by atoms with E-state index in [1.54, 1.807) is 12.4 Å². The Bertz CT molecular complexity index is 2300. The summed E-state index contributed by atoms with van der Waals surface area (Å²) >= 11 is 0. The van der Waals surface area contributed by atoms with Crippen LogP contribution >= 0.6 is 0 Å². The second-order valence-corrected chi connectivity index (χ2v) is 16.3. The van der Waals surface area contributed by atoms with Gasteiger partial charge in [0.15, 0.2) is 0 Å². The van der Waals surface area contributed by atoms with Crippen molar-refractivity contribution in [2.75, 3.05) is 37.0 Å². The SMILES string of the molecule is CN1CC2CCC(C1=O)N2c1ncc2[nH]nc(-c3cnn(C4CCC4)c3)c2n1.CN1CC2CCC(C1=O)N2c1ncc2[nH]nc(-c3cnn(C4CCC4)c3)c2n1. The standard InChI is InChI=1S/2C19H22N8O/c2*1-25-10-13-5-6-15(18(25)28)27(13)19-20-8-14-17(22-19)16(24-23-14)11-7-21-26(9-11)12-3-2-4-12/h2*7-9,12-13,15H,2-6,10H2,1H3,(H,23,24). The minimum Gasteiger partial charge on any atom is -0.342 e. The summed E-state index contributed by atoms with van der Waals surface area (Å²) < 4.78 is 4.08. The molecule has 18 nitrogen and oxygen atoms in total. The number of aromatic amines is 2. The first-order valence-electron chi connectivity index (χ1n) is 20.0. The Kier molecular flexibility index (Phi) is 7.64. The molecule has 2 saturated carbocycles. The Hall–Kier alpha value is -5.94. The van der Waals surface area contributed by atoms with E-state index in [1.807, 2.05) is 45.7 Å². The van der Waals surface area contributed by atoms with Crippen molar-refractivity contribution in [2.45, 2.75) is 100 Å². The zero-order valence-electron chi connectivity index (χ0n) is 31.5. The summed E-state index contributed by atoms with van der Waals surface area (Å²) in [4.78, 5) is 51.8. The fraction of sp³-hybridized carbons (Fsp3) is 0.526. The van der Waals surface area contributed by atoms with Crippen LogP contribution < -0.4 is 9.80 Å². The van der Waals surface area contributed by atoms with Gasteiger partial charge in [0.2, 0.25) is 23.7 Å². The summed E-state index contributed by atoms with van der Waals surface area (Å²) in [6.45, 7) is 1.45. The van der Waals surface area contributed by atoms with Gasteiger partial charge in [-0.25, -0.2) is 19.9 Å². The molecule has 18 heteroatoms. The number of aromatic nitrogens is 12. The molecule has 4 unspecified atom stereocenters. The highest BCUT2D eigenvalue weighted by Crippen LogP contribution is 2.38. The van der Waals surface area contributed by atoms with E-state index < -0.39 is 0 Å². The molecule has 0 aromatic carbocycles. The van der Waals surface area contributed by atoms with E-state index in [0.29, 0.717) is 24.0 Å². The second kappa shape index (κ2) is 12.8. The Labute approximate surface area is 321 Å². The van der Waals surface area contributed by atoms with Gasteiger partial charge in [0.1, 0.15) is 45.5 Å². The lowest BCUT2D eigenvalue weighted by atomic mass is 9.93. The summed E-state index contributed by atoms with van der Waals surface area (Å²) in [5.74, 6) is 1.56. The van der Waals surface area contributed by atoms with E-state index in [4.69, 9.17) is 9.97 Å². The zero-order chi connectivity index (χ0) is 37.7. The number of nitrogens with one attached hydrogen (secondary N) is 2. The van der Waals surface area contributed by atoms with E-state index in [-0.39, 0.29) is 36.0 Å². The van der Waals surface area contributed by atoms with Gasteiger partial charge in [-0.05, 0) is 64.2 Å². The van der Waals surface area contributed by atoms with Crippen LogP contribution in [0.25, 0.3) is 44.6 Å². The lowest BCUT2D eigenvalue weighted by Crippen LogP contribution is -2.56. The van der Waals surface area contributed by atoms with E-state index in [9.17, 15) is 9.59 Å². The van der Waals surface area contributed by atoms with Crippen LogP contribution in [0.15, 0.2) is 37.2 Å². The van der Waals surface area contributed by atoms with E-state index in [0.717, 1.165) is 83.4 Å². The molecule has 6 aromatic rings. The molecule has 4 bridgehead atoms. The molecule has 12 rings (SSSR count). The maximum Gasteiger partial charge on any atom is 0.245 e. The van der Waals surface area contributed by atoms with Crippen molar-refractivity contribution in [3.05, 3.63) is 37.2 Å². The molecule has 4 aliphatic heterocycles. The summed E-state index contributed by atoms with van der Waals surface area (Å²) in [7, 11) is 3.76.